The maximum atomic E-state index is 11.6. The third-order valence-corrected chi connectivity index (χ3v) is 7.96. The fourth-order valence-corrected chi connectivity index (χ4v) is 6.92. The highest BCUT2D eigenvalue weighted by atomic mass is 31.1. The first kappa shape index (κ1) is 24.4. The van der Waals surface area contributed by atoms with Crippen LogP contribution in [0.25, 0.3) is 0 Å². The monoisotopic (exact) mass is 406 g/mol. The van der Waals surface area contributed by atoms with Crippen LogP contribution in [0.5, 0.6) is 0 Å². The number of methoxy groups -OCH3 is 1. The summed E-state index contributed by atoms with van der Waals surface area (Å²) in [5.74, 6) is -0.147. The van der Waals surface area contributed by atoms with Gasteiger partial charge in [-0.25, -0.2) is 0 Å². The topological polar surface area (TPSA) is 109 Å². The van der Waals surface area contributed by atoms with Gasteiger partial charge < -0.3 is 34.8 Å². The van der Waals surface area contributed by atoms with Crippen molar-refractivity contribution in [2.24, 2.45) is 5.73 Å². The number of ketones is 1. The third kappa shape index (κ3) is 8.10. The Kier molecular flexibility index (Phi) is 12.2. The molecule has 0 aliphatic carbocycles. The van der Waals surface area contributed by atoms with Crippen molar-refractivity contribution in [1.82, 2.24) is 5.32 Å². The van der Waals surface area contributed by atoms with E-state index in [0.717, 1.165) is 12.6 Å². The molecule has 0 aromatic rings. The van der Waals surface area contributed by atoms with E-state index in [9.17, 15) is 9.59 Å². The predicted molar refractivity (Wildman–Crippen MR) is 105 cm³/mol. The second-order valence-electron chi connectivity index (χ2n) is 6.57. The van der Waals surface area contributed by atoms with E-state index in [2.05, 4.69) is 5.32 Å². The van der Waals surface area contributed by atoms with Gasteiger partial charge in [0.1, 0.15) is 18.0 Å². The molecule has 0 saturated carbocycles. The highest BCUT2D eigenvalue weighted by Gasteiger charge is 2.51. The minimum atomic E-state index is -0.597. The molecule has 1 aliphatic heterocycles. The normalized spacial score (nSPS) is 27.7. The van der Waals surface area contributed by atoms with Gasteiger partial charge in [-0.2, -0.15) is 0 Å². The molecule has 1 heterocycles. The lowest BCUT2D eigenvalue weighted by Gasteiger charge is -2.26. The van der Waals surface area contributed by atoms with Gasteiger partial charge in [0.25, 0.3) is 0 Å². The number of rotatable bonds is 14. The largest absolute Gasteiger partial charge is 0.458 e. The Labute approximate surface area is 163 Å². The number of carbonyl (C=O) groups excluding carboxylic acids is 2. The summed E-state index contributed by atoms with van der Waals surface area (Å²) in [6, 6.07) is 0. The lowest BCUT2D eigenvalue weighted by molar-refractivity contribution is -0.153. The number of likely N-dealkylation sites (N-methyl/N-ethyl adjacent to an activating group) is 1. The number of hydrogen-bond acceptors (Lipinski definition) is 8. The Morgan fingerprint density at radius 1 is 1.07 bits per heavy atom. The zero-order chi connectivity index (χ0) is 20.2. The number of carbonyl (C=O) groups is 2. The van der Waals surface area contributed by atoms with Gasteiger partial charge in [-0.05, 0) is 26.6 Å². The highest BCUT2D eigenvalue weighted by Crippen LogP contribution is 2.57. The molecule has 0 bridgehead atoms. The quantitative estimate of drug-likeness (QED) is 0.247. The van der Waals surface area contributed by atoms with Crippen LogP contribution in [-0.2, 0) is 28.5 Å². The van der Waals surface area contributed by atoms with E-state index in [0.29, 0.717) is 39.4 Å². The van der Waals surface area contributed by atoms with Gasteiger partial charge in [0.05, 0.1) is 32.2 Å². The van der Waals surface area contributed by atoms with Crippen molar-refractivity contribution in [3.63, 3.8) is 0 Å². The Hall–Kier alpha value is -0.630. The average molecular weight is 406 g/mol. The van der Waals surface area contributed by atoms with Gasteiger partial charge in [-0.1, -0.05) is 7.92 Å². The van der Waals surface area contributed by atoms with Crippen LogP contribution in [0.2, 0.25) is 0 Å². The summed E-state index contributed by atoms with van der Waals surface area (Å²) in [5, 5.41) is 3.31. The van der Waals surface area contributed by atoms with E-state index in [1.807, 2.05) is 7.05 Å². The van der Waals surface area contributed by atoms with Gasteiger partial charge in [0, 0.05) is 32.7 Å². The molecule has 1 fully saturated rings. The fourth-order valence-electron chi connectivity index (χ4n) is 3.49. The third-order valence-electron chi connectivity index (χ3n) is 4.59. The summed E-state index contributed by atoms with van der Waals surface area (Å²) < 4.78 is 22.3. The first-order valence-electron chi connectivity index (χ1n) is 9.44. The summed E-state index contributed by atoms with van der Waals surface area (Å²) >= 11 is 0. The predicted octanol–water partition coefficient (Wildman–Crippen LogP) is 0.704. The van der Waals surface area contributed by atoms with Gasteiger partial charge in [0.15, 0.2) is 0 Å². The van der Waals surface area contributed by atoms with Gasteiger partial charge >= 0.3 is 5.97 Å². The van der Waals surface area contributed by atoms with Crippen molar-refractivity contribution in [3.05, 3.63) is 0 Å². The van der Waals surface area contributed by atoms with Crippen LogP contribution in [0, 0.1) is 0 Å². The standard InChI is InChI=1S/C18H35N2O6P/c1-13(21)5-6-15-16(23-4)17(26-14(2)22)18(20-3)27(15)12-11-25-10-9-24-8-7-19/h15-18,20H,5-12,19H2,1-4H3. The summed E-state index contributed by atoms with van der Waals surface area (Å²) in [6.07, 6.45) is 1.51. The Balaban J connectivity index is 2.73. The van der Waals surface area contributed by atoms with E-state index >= 15 is 0 Å². The summed E-state index contributed by atoms with van der Waals surface area (Å²) in [7, 11) is 2.91. The van der Waals surface area contributed by atoms with Crippen molar-refractivity contribution in [1.29, 1.82) is 0 Å². The van der Waals surface area contributed by atoms with Crippen molar-refractivity contribution < 1.29 is 28.5 Å². The van der Waals surface area contributed by atoms with E-state index in [1.54, 1.807) is 14.0 Å². The number of nitrogens with two attached hydrogens (primary N) is 1. The number of hydrogen-bond donors (Lipinski definition) is 2. The molecular weight excluding hydrogens is 371 g/mol. The molecule has 1 rings (SSSR count). The van der Waals surface area contributed by atoms with Crippen molar-refractivity contribution in [2.75, 3.05) is 53.3 Å². The van der Waals surface area contributed by atoms with Crippen LogP contribution in [0.4, 0.5) is 0 Å². The lowest BCUT2D eigenvalue weighted by atomic mass is 10.1. The summed E-state index contributed by atoms with van der Waals surface area (Å²) in [4.78, 5) is 23.1. The molecule has 0 aromatic carbocycles. The maximum Gasteiger partial charge on any atom is 0.303 e. The second kappa shape index (κ2) is 13.5. The molecule has 0 spiro atoms. The maximum absolute atomic E-state index is 11.6. The first-order chi connectivity index (χ1) is 13.0. The first-order valence-corrected chi connectivity index (χ1v) is 11.1. The van der Waals surface area contributed by atoms with Crippen molar-refractivity contribution >= 4 is 19.7 Å². The van der Waals surface area contributed by atoms with E-state index < -0.39 is 7.92 Å². The van der Waals surface area contributed by atoms with Crippen LogP contribution in [0.15, 0.2) is 0 Å². The SMILES string of the molecule is CNC1C(OC(C)=O)C(OC)C(CCC(C)=O)P1CCOCCOCCN. The van der Waals surface area contributed by atoms with Crippen LogP contribution < -0.4 is 11.1 Å². The fraction of sp³-hybridized carbons (Fsp3) is 0.889. The molecule has 5 atom stereocenters. The average Bonchev–Trinajstić information content (AvgIpc) is 2.90. The van der Waals surface area contributed by atoms with Gasteiger partial charge in [0.2, 0.25) is 0 Å². The molecular formula is C18H35N2O6P. The van der Waals surface area contributed by atoms with E-state index in [4.69, 9.17) is 24.7 Å². The van der Waals surface area contributed by atoms with Crippen molar-refractivity contribution in [3.8, 4) is 0 Å². The molecule has 0 radical (unpaired) electrons. The van der Waals surface area contributed by atoms with Crippen LogP contribution >= 0.6 is 7.92 Å². The number of Topliss-reactive ketones (excluding diaryl/α,β-unsaturated/α-hetero) is 1. The molecule has 27 heavy (non-hydrogen) atoms. The Morgan fingerprint density at radius 2 is 1.74 bits per heavy atom. The number of esters is 1. The molecule has 158 valence electrons. The lowest BCUT2D eigenvalue weighted by Crippen LogP contribution is -2.42. The molecule has 8 nitrogen and oxygen atoms in total. The number of ether oxygens (including phenoxy) is 4. The minimum Gasteiger partial charge on any atom is -0.458 e. The molecule has 9 heteroatoms. The Bertz CT molecular complexity index is 454. The van der Waals surface area contributed by atoms with Crippen molar-refractivity contribution in [2.45, 2.75) is 50.3 Å². The minimum absolute atomic E-state index is 0.0166. The zero-order valence-electron chi connectivity index (χ0n) is 16.9. The Morgan fingerprint density at radius 3 is 2.26 bits per heavy atom. The van der Waals surface area contributed by atoms with Gasteiger partial charge in [-0.15, -0.1) is 0 Å². The molecule has 0 aromatic heterocycles. The molecule has 3 N–H and O–H groups in total. The second-order valence-corrected chi connectivity index (χ2v) is 9.26. The van der Waals surface area contributed by atoms with Gasteiger partial charge in [-0.3, -0.25) is 4.79 Å². The highest BCUT2D eigenvalue weighted by molar-refractivity contribution is 7.59. The molecule has 1 aliphatic rings. The number of nitrogens with one attached hydrogen (secondary N) is 1. The van der Waals surface area contributed by atoms with E-state index in [1.165, 1.54) is 6.92 Å². The smallest absolute Gasteiger partial charge is 0.303 e. The van der Waals surface area contributed by atoms with Crippen LogP contribution in [0.1, 0.15) is 26.7 Å². The molecule has 5 unspecified atom stereocenters. The zero-order valence-corrected chi connectivity index (χ0v) is 17.8. The summed E-state index contributed by atoms with van der Waals surface area (Å²) in [6.45, 7) is 5.68. The molecule has 0 amide bonds. The molecule has 1 saturated heterocycles. The van der Waals surface area contributed by atoms with E-state index in [-0.39, 0.29) is 35.4 Å². The van der Waals surface area contributed by atoms with Crippen LogP contribution in [0.3, 0.4) is 0 Å². The van der Waals surface area contributed by atoms with Crippen LogP contribution in [-0.4, -0.2) is 88.7 Å². The summed E-state index contributed by atoms with van der Waals surface area (Å²) in [5.41, 5.74) is 5.55.